The van der Waals surface area contributed by atoms with Crippen LogP contribution in [0.1, 0.15) is 25.8 Å². The second-order valence-corrected chi connectivity index (χ2v) is 6.66. The first-order valence-electron chi connectivity index (χ1n) is 5.38. The average molecular weight is 304 g/mol. The fourth-order valence-corrected chi connectivity index (χ4v) is 3.38. The summed E-state index contributed by atoms with van der Waals surface area (Å²) in [6.45, 7) is 4.29. The number of hydrogen-bond donors (Lipinski definition) is 1. The SMILES string of the molecule is CC(C)CCS(=O)Cc1cccc(N)c1Br. The molecule has 0 bridgehead atoms. The van der Waals surface area contributed by atoms with Gasteiger partial charge in [-0.15, -0.1) is 0 Å². The van der Waals surface area contributed by atoms with Crippen molar-refractivity contribution in [1.82, 2.24) is 0 Å². The van der Waals surface area contributed by atoms with E-state index in [-0.39, 0.29) is 0 Å². The van der Waals surface area contributed by atoms with E-state index in [1.54, 1.807) is 0 Å². The van der Waals surface area contributed by atoms with E-state index in [1.807, 2.05) is 18.2 Å². The third-order valence-corrected chi connectivity index (χ3v) is 4.64. The van der Waals surface area contributed by atoms with E-state index in [9.17, 15) is 4.21 Å². The minimum atomic E-state index is -0.796. The Labute approximate surface area is 108 Å². The number of anilines is 1. The van der Waals surface area contributed by atoms with Gasteiger partial charge in [-0.05, 0) is 39.9 Å². The lowest BCUT2D eigenvalue weighted by atomic mass is 10.2. The van der Waals surface area contributed by atoms with Gasteiger partial charge >= 0.3 is 0 Å². The fourth-order valence-electron chi connectivity index (χ4n) is 1.32. The molecule has 0 aromatic heterocycles. The zero-order valence-electron chi connectivity index (χ0n) is 9.70. The van der Waals surface area contributed by atoms with Crippen LogP contribution in [0.15, 0.2) is 22.7 Å². The van der Waals surface area contributed by atoms with Crippen LogP contribution in [-0.2, 0) is 16.6 Å². The summed E-state index contributed by atoms with van der Waals surface area (Å²) < 4.78 is 12.7. The summed E-state index contributed by atoms with van der Waals surface area (Å²) in [5.74, 6) is 1.95. The Kier molecular flexibility index (Phi) is 5.49. The molecule has 1 aromatic rings. The molecule has 1 aromatic carbocycles. The van der Waals surface area contributed by atoms with Crippen molar-refractivity contribution >= 4 is 32.4 Å². The lowest BCUT2D eigenvalue weighted by Crippen LogP contribution is -2.05. The van der Waals surface area contributed by atoms with Crippen molar-refractivity contribution in [3.8, 4) is 0 Å². The number of hydrogen-bond acceptors (Lipinski definition) is 2. The minimum absolute atomic E-state index is 0.582. The van der Waals surface area contributed by atoms with Crippen molar-refractivity contribution in [2.24, 2.45) is 5.92 Å². The number of halogens is 1. The third-order valence-electron chi connectivity index (χ3n) is 2.35. The van der Waals surface area contributed by atoms with Crippen LogP contribution in [0.3, 0.4) is 0 Å². The van der Waals surface area contributed by atoms with Crippen LogP contribution in [0.5, 0.6) is 0 Å². The van der Waals surface area contributed by atoms with Gasteiger partial charge in [0, 0.05) is 32.5 Å². The zero-order chi connectivity index (χ0) is 12.1. The van der Waals surface area contributed by atoms with Crippen LogP contribution < -0.4 is 5.73 Å². The van der Waals surface area contributed by atoms with E-state index in [0.717, 1.165) is 22.2 Å². The van der Waals surface area contributed by atoms with Crippen LogP contribution in [0.2, 0.25) is 0 Å². The molecule has 0 saturated heterocycles. The molecule has 0 aliphatic heterocycles. The van der Waals surface area contributed by atoms with Crippen LogP contribution in [0.4, 0.5) is 5.69 Å². The fraction of sp³-hybridized carbons (Fsp3) is 0.500. The first kappa shape index (κ1) is 13.7. The van der Waals surface area contributed by atoms with E-state index >= 15 is 0 Å². The molecule has 0 aliphatic rings. The highest BCUT2D eigenvalue weighted by Gasteiger charge is 2.08. The molecule has 0 saturated carbocycles. The Morgan fingerprint density at radius 2 is 2.12 bits per heavy atom. The standard InChI is InChI=1S/C12H18BrNOS/c1-9(2)6-7-16(15)8-10-4-3-5-11(14)12(10)13/h3-5,9H,6-8,14H2,1-2H3. The average Bonchev–Trinajstić information content (AvgIpc) is 2.22. The molecule has 0 heterocycles. The first-order chi connectivity index (χ1) is 7.50. The maximum atomic E-state index is 11.8. The molecule has 2 N–H and O–H groups in total. The van der Waals surface area contributed by atoms with Crippen molar-refractivity contribution in [2.75, 3.05) is 11.5 Å². The number of nitrogens with two attached hydrogens (primary N) is 1. The molecule has 16 heavy (non-hydrogen) atoms. The molecular weight excluding hydrogens is 286 g/mol. The van der Waals surface area contributed by atoms with Gasteiger partial charge in [-0.3, -0.25) is 4.21 Å². The Morgan fingerprint density at radius 1 is 1.44 bits per heavy atom. The summed E-state index contributed by atoms with van der Waals surface area (Å²) in [6.07, 6.45) is 1.01. The van der Waals surface area contributed by atoms with E-state index < -0.39 is 10.8 Å². The Hall–Kier alpha value is -0.350. The molecule has 1 unspecified atom stereocenters. The van der Waals surface area contributed by atoms with Crippen molar-refractivity contribution in [3.63, 3.8) is 0 Å². The van der Waals surface area contributed by atoms with E-state index in [0.29, 0.717) is 17.4 Å². The molecule has 0 fully saturated rings. The van der Waals surface area contributed by atoms with Gasteiger partial charge in [-0.1, -0.05) is 26.0 Å². The zero-order valence-corrected chi connectivity index (χ0v) is 12.1. The molecule has 90 valence electrons. The second kappa shape index (κ2) is 6.40. The number of nitrogen functional groups attached to an aromatic ring is 1. The summed E-state index contributed by atoms with van der Waals surface area (Å²) in [6, 6.07) is 5.70. The van der Waals surface area contributed by atoms with Gasteiger partial charge in [0.25, 0.3) is 0 Å². The topological polar surface area (TPSA) is 43.1 Å². The Balaban J connectivity index is 2.59. The van der Waals surface area contributed by atoms with Gasteiger partial charge in [0.05, 0.1) is 0 Å². The third kappa shape index (κ3) is 4.26. The van der Waals surface area contributed by atoms with Crippen molar-refractivity contribution in [2.45, 2.75) is 26.0 Å². The maximum absolute atomic E-state index is 11.8. The van der Waals surface area contributed by atoms with Crippen molar-refractivity contribution < 1.29 is 4.21 Å². The molecule has 0 aliphatic carbocycles. The predicted octanol–water partition coefficient (Wildman–Crippen LogP) is 3.33. The molecule has 4 heteroatoms. The highest BCUT2D eigenvalue weighted by Crippen LogP contribution is 2.24. The predicted molar refractivity (Wildman–Crippen MR) is 74.7 cm³/mol. The normalized spacial score (nSPS) is 13.0. The van der Waals surface area contributed by atoms with E-state index in [1.165, 1.54) is 0 Å². The van der Waals surface area contributed by atoms with Gasteiger partial charge < -0.3 is 5.73 Å². The Bertz CT molecular complexity index is 379. The van der Waals surface area contributed by atoms with Gasteiger partial charge in [0.15, 0.2) is 0 Å². The molecular formula is C12H18BrNOS. The van der Waals surface area contributed by atoms with Crippen LogP contribution in [-0.4, -0.2) is 9.96 Å². The molecule has 0 spiro atoms. The quantitative estimate of drug-likeness (QED) is 0.848. The van der Waals surface area contributed by atoms with Crippen LogP contribution in [0.25, 0.3) is 0 Å². The minimum Gasteiger partial charge on any atom is -0.398 e. The van der Waals surface area contributed by atoms with Crippen molar-refractivity contribution in [3.05, 3.63) is 28.2 Å². The van der Waals surface area contributed by atoms with Gasteiger partial charge in [0.2, 0.25) is 0 Å². The van der Waals surface area contributed by atoms with Crippen LogP contribution >= 0.6 is 15.9 Å². The summed E-state index contributed by atoms with van der Waals surface area (Å²) in [5.41, 5.74) is 7.51. The molecule has 1 atom stereocenters. The summed E-state index contributed by atoms with van der Waals surface area (Å²) in [7, 11) is -0.796. The van der Waals surface area contributed by atoms with Crippen LogP contribution in [0, 0.1) is 5.92 Å². The maximum Gasteiger partial charge on any atom is 0.0497 e. The summed E-state index contributed by atoms with van der Waals surface area (Å²) in [5, 5.41) is 0. The molecule has 1 rings (SSSR count). The van der Waals surface area contributed by atoms with E-state index in [2.05, 4.69) is 29.8 Å². The number of benzene rings is 1. The summed E-state index contributed by atoms with van der Waals surface area (Å²) >= 11 is 3.43. The van der Waals surface area contributed by atoms with Gasteiger partial charge in [-0.25, -0.2) is 0 Å². The Morgan fingerprint density at radius 3 is 2.75 bits per heavy atom. The first-order valence-corrected chi connectivity index (χ1v) is 7.66. The molecule has 0 radical (unpaired) electrons. The lowest BCUT2D eigenvalue weighted by molar-refractivity contribution is 0.619. The highest BCUT2D eigenvalue weighted by molar-refractivity contribution is 9.10. The van der Waals surface area contributed by atoms with Gasteiger partial charge in [0.1, 0.15) is 0 Å². The van der Waals surface area contributed by atoms with Gasteiger partial charge in [-0.2, -0.15) is 0 Å². The van der Waals surface area contributed by atoms with E-state index in [4.69, 9.17) is 5.73 Å². The second-order valence-electron chi connectivity index (χ2n) is 4.29. The van der Waals surface area contributed by atoms with Crippen molar-refractivity contribution in [1.29, 1.82) is 0 Å². The summed E-state index contributed by atoms with van der Waals surface area (Å²) in [4.78, 5) is 0. The smallest absolute Gasteiger partial charge is 0.0497 e. The monoisotopic (exact) mass is 303 g/mol. The largest absolute Gasteiger partial charge is 0.398 e. The number of rotatable bonds is 5. The molecule has 2 nitrogen and oxygen atoms in total. The molecule has 0 amide bonds. The lowest BCUT2D eigenvalue weighted by Gasteiger charge is -2.08. The highest BCUT2D eigenvalue weighted by atomic mass is 79.9.